The molecule has 0 saturated heterocycles. The number of hydrogen-bond donors (Lipinski definition) is 2. The van der Waals surface area contributed by atoms with Crippen LogP contribution in [0.5, 0.6) is 0 Å². The molecule has 0 aromatic heterocycles. The van der Waals surface area contributed by atoms with Crippen molar-refractivity contribution in [2.75, 3.05) is 0 Å². The second-order valence-electron chi connectivity index (χ2n) is 1.69. The summed E-state index contributed by atoms with van der Waals surface area (Å²) in [4.78, 5) is 0. The molecule has 0 amide bonds. The number of amidine groups is 1. The van der Waals surface area contributed by atoms with Crippen LogP contribution in [0.4, 0.5) is 0 Å². The second-order valence-corrected chi connectivity index (χ2v) is 1.69. The van der Waals surface area contributed by atoms with Crippen molar-refractivity contribution in [3.63, 3.8) is 0 Å². The van der Waals surface area contributed by atoms with Crippen molar-refractivity contribution >= 4 is 5.84 Å². The number of rotatable bonds is 3. The molecule has 9 heavy (non-hydrogen) atoms. The number of hydrogen-bond acceptors (Lipinski definition) is 1. The summed E-state index contributed by atoms with van der Waals surface area (Å²) in [6, 6.07) is 0. The fourth-order valence-electron chi connectivity index (χ4n) is 0.523. The van der Waals surface area contributed by atoms with Gasteiger partial charge in [0.05, 0.1) is 0 Å². The summed E-state index contributed by atoms with van der Waals surface area (Å²) in [5.74, 6) is 0.0897. The van der Waals surface area contributed by atoms with Crippen LogP contribution >= 0.6 is 0 Å². The van der Waals surface area contributed by atoms with Crippen LogP contribution in [-0.4, -0.2) is 5.84 Å². The lowest BCUT2D eigenvalue weighted by atomic mass is 10.2. The van der Waals surface area contributed by atoms with Crippen LogP contribution in [0.15, 0.2) is 24.3 Å². The minimum absolute atomic E-state index is 0.0897. The zero-order chi connectivity index (χ0) is 7.28. The van der Waals surface area contributed by atoms with E-state index in [0.717, 1.165) is 12.0 Å². The maximum absolute atomic E-state index is 6.99. The van der Waals surface area contributed by atoms with Gasteiger partial charge in [-0.2, -0.15) is 0 Å². The van der Waals surface area contributed by atoms with E-state index in [9.17, 15) is 0 Å². The number of nitrogens with two attached hydrogens (primary N) is 1. The topological polar surface area (TPSA) is 49.9 Å². The molecule has 0 unspecified atom stereocenters. The van der Waals surface area contributed by atoms with Gasteiger partial charge in [-0.25, -0.2) is 0 Å². The quantitative estimate of drug-likeness (QED) is 0.334. The molecule has 0 radical (unpaired) electrons. The normalized spacial score (nSPS) is 11.0. The Bertz CT molecular complexity index is 145. The molecule has 0 rings (SSSR count). The van der Waals surface area contributed by atoms with E-state index in [-0.39, 0.29) is 5.84 Å². The van der Waals surface area contributed by atoms with Gasteiger partial charge in [-0.1, -0.05) is 25.7 Å². The van der Waals surface area contributed by atoms with Gasteiger partial charge < -0.3 is 5.73 Å². The van der Waals surface area contributed by atoms with E-state index < -0.39 is 0 Å². The molecule has 0 aliphatic heterocycles. The molecule has 0 aliphatic carbocycles. The molecule has 0 spiro atoms. The fourth-order valence-corrected chi connectivity index (χ4v) is 0.523. The summed E-state index contributed by atoms with van der Waals surface area (Å²) in [6.07, 6.45) is 4.35. The van der Waals surface area contributed by atoms with Crippen molar-refractivity contribution in [1.29, 1.82) is 5.41 Å². The zero-order valence-corrected chi connectivity index (χ0v) is 5.65. The zero-order valence-electron chi connectivity index (χ0n) is 5.65. The van der Waals surface area contributed by atoms with Crippen molar-refractivity contribution in [2.45, 2.75) is 13.3 Å². The van der Waals surface area contributed by atoms with Gasteiger partial charge >= 0.3 is 0 Å². The van der Waals surface area contributed by atoms with Crippen LogP contribution in [0.1, 0.15) is 13.3 Å². The Labute approximate surface area is 55.6 Å². The lowest BCUT2D eigenvalue weighted by Crippen LogP contribution is -2.10. The van der Waals surface area contributed by atoms with E-state index in [1.807, 2.05) is 13.0 Å². The molecule has 0 saturated carbocycles. The molecule has 0 aliphatic rings. The van der Waals surface area contributed by atoms with E-state index in [4.69, 9.17) is 11.1 Å². The van der Waals surface area contributed by atoms with Gasteiger partial charge in [-0.3, -0.25) is 5.41 Å². The summed E-state index contributed by atoms with van der Waals surface area (Å²) in [5, 5.41) is 6.99. The molecule has 50 valence electrons. The van der Waals surface area contributed by atoms with Crippen molar-refractivity contribution in [3.05, 3.63) is 24.3 Å². The van der Waals surface area contributed by atoms with Crippen molar-refractivity contribution in [1.82, 2.24) is 0 Å². The summed E-state index contributed by atoms with van der Waals surface area (Å²) < 4.78 is 0. The first-order chi connectivity index (χ1) is 4.22. The molecule has 0 aromatic carbocycles. The van der Waals surface area contributed by atoms with E-state index in [2.05, 4.69) is 6.58 Å². The Balaban J connectivity index is 4.14. The molecule has 0 bridgehead atoms. The Morgan fingerprint density at radius 3 is 2.44 bits per heavy atom. The van der Waals surface area contributed by atoms with Gasteiger partial charge in [-0.05, 0) is 6.42 Å². The highest BCUT2D eigenvalue weighted by molar-refractivity contribution is 5.96. The number of allylic oxidation sites excluding steroid dienone is 1. The van der Waals surface area contributed by atoms with Crippen LogP contribution in [-0.2, 0) is 0 Å². The third-order valence-corrected chi connectivity index (χ3v) is 0.955. The number of nitrogens with one attached hydrogen (secondary N) is 1. The van der Waals surface area contributed by atoms with E-state index in [1.54, 1.807) is 6.08 Å². The van der Waals surface area contributed by atoms with Gasteiger partial charge in [0.15, 0.2) is 0 Å². The predicted octanol–water partition coefficient (Wildman–Crippen LogP) is 1.44. The third kappa shape index (κ3) is 2.69. The van der Waals surface area contributed by atoms with Gasteiger partial charge in [0.1, 0.15) is 5.84 Å². The Hall–Kier alpha value is -1.05. The average molecular weight is 124 g/mol. The summed E-state index contributed by atoms with van der Waals surface area (Å²) in [6.45, 7) is 5.50. The molecule has 2 nitrogen and oxygen atoms in total. The Kier molecular flexibility index (Phi) is 3.44. The molecule has 0 fully saturated rings. The van der Waals surface area contributed by atoms with Crippen LogP contribution in [0.25, 0.3) is 0 Å². The van der Waals surface area contributed by atoms with Crippen LogP contribution in [0, 0.1) is 5.41 Å². The monoisotopic (exact) mass is 124 g/mol. The molecule has 3 N–H and O–H groups in total. The SMILES string of the molecule is C=C/C(=C\CC)C(=N)N. The molecular formula is C7H12N2. The van der Waals surface area contributed by atoms with Crippen molar-refractivity contribution in [3.8, 4) is 0 Å². The maximum atomic E-state index is 6.99. The predicted molar refractivity (Wildman–Crippen MR) is 40.5 cm³/mol. The molecule has 0 heterocycles. The van der Waals surface area contributed by atoms with Gasteiger partial charge in [0.25, 0.3) is 0 Å². The summed E-state index contributed by atoms with van der Waals surface area (Å²) in [7, 11) is 0. The lowest BCUT2D eigenvalue weighted by molar-refractivity contribution is 1.21. The minimum Gasteiger partial charge on any atom is -0.384 e. The average Bonchev–Trinajstić information content (AvgIpc) is 1.82. The van der Waals surface area contributed by atoms with Gasteiger partial charge in [-0.15, -0.1) is 0 Å². The lowest BCUT2D eigenvalue weighted by Gasteiger charge is -1.94. The van der Waals surface area contributed by atoms with E-state index in [0.29, 0.717) is 0 Å². The maximum Gasteiger partial charge on any atom is 0.122 e. The summed E-state index contributed by atoms with van der Waals surface area (Å²) >= 11 is 0. The first kappa shape index (κ1) is 7.95. The van der Waals surface area contributed by atoms with Crippen molar-refractivity contribution in [2.24, 2.45) is 5.73 Å². The minimum atomic E-state index is 0.0897. The molecule has 0 atom stereocenters. The van der Waals surface area contributed by atoms with E-state index >= 15 is 0 Å². The molecule has 2 heteroatoms. The first-order valence-electron chi connectivity index (χ1n) is 2.89. The highest BCUT2D eigenvalue weighted by atomic mass is 14.7. The molecule has 0 aromatic rings. The highest BCUT2D eigenvalue weighted by Gasteiger charge is 1.90. The Morgan fingerprint density at radius 2 is 2.33 bits per heavy atom. The highest BCUT2D eigenvalue weighted by Crippen LogP contribution is 1.95. The van der Waals surface area contributed by atoms with Gasteiger partial charge in [0, 0.05) is 5.57 Å². The smallest absolute Gasteiger partial charge is 0.122 e. The first-order valence-corrected chi connectivity index (χ1v) is 2.89. The standard InChI is InChI=1S/C7H12N2/c1-3-5-6(4-2)7(8)9/h4-5H,2-3H2,1H3,(H3,8,9)/b6-5+. The van der Waals surface area contributed by atoms with Crippen LogP contribution in [0.3, 0.4) is 0 Å². The third-order valence-electron chi connectivity index (χ3n) is 0.955. The fraction of sp³-hybridized carbons (Fsp3) is 0.286. The van der Waals surface area contributed by atoms with Crippen LogP contribution < -0.4 is 5.73 Å². The molecular weight excluding hydrogens is 112 g/mol. The second kappa shape index (κ2) is 3.89. The van der Waals surface area contributed by atoms with Crippen molar-refractivity contribution < 1.29 is 0 Å². The largest absolute Gasteiger partial charge is 0.384 e. The van der Waals surface area contributed by atoms with Crippen LogP contribution in [0.2, 0.25) is 0 Å². The van der Waals surface area contributed by atoms with E-state index in [1.165, 1.54) is 0 Å². The van der Waals surface area contributed by atoms with Gasteiger partial charge in [0.2, 0.25) is 0 Å². The summed E-state index contributed by atoms with van der Waals surface area (Å²) in [5.41, 5.74) is 5.90. The Morgan fingerprint density at radius 1 is 1.78 bits per heavy atom.